The molecule has 19 heavy (non-hydrogen) atoms. The van der Waals surface area contributed by atoms with Crippen molar-refractivity contribution in [3.8, 4) is 0 Å². The Morgan fingerprint density at radius 1 is 1.26 bits per heavy atom. The van der Waals surface area contributed by atoms with E-state index in [1.165, 1.54) is 11.8 Å². The number of benzene rings is 1. The Labute approximate surface area is 116 Å². The van der Waals surface area contributed by atoms with Crippen molar-refractivity contribution in [1.82, 2.24) is 4.90 Å². The lowest BCUT2D eigenvalue weighted by Gasteiger charge is -2.20. The van der Waals surface area contributed by atoms with Crippen molar-refractivity contribution in [2.24, 2.45) is 0 Å². The monoisotopic (exact) mass is 279 g/mol. The summed E-state index contributed by atoms with van der Waals surface area (Å²) >= 11 is 1.32. The Morgan fingerprint density at radius 3 is 2.53 bits per heavy atom. The molecular formula is C14H17NO3S. The number of carboxylic acid groups (broad SMARTS) is 1. The fourth-order valence-electron chi connectivity index (χ4n) is 2.18. The first-order valence-corrected chi connectivity index (χ1v) is 7.25. The summed E-state index contributed by atoms with van der Waals surface area (Å²) in [5.74, 6) is -0.855. The number of amides is 1. The number of aromatic carboxylic acids is 1. The number of hydrogen-bond acceptors (Lipinski definition) is 3. The van der Waals surface area contributed by atoms with Crippen LogP contribution in [0.5, 0.6) is 0 Å². The second-order valence-electron chi connectivity index (χ2n) is 4.59. The Balaban J connectivity index is 2.08. The van der Waals surface area contributed by atoms with E-state index in [2.05, 4.69) is 0 Å². The second-order valence-corrected chi connectivity index (χ2v) is 5.98. The second kappa shape index (κ2) is 6.10. The van der Waals surface area contributed by atoms with Crippen molar-refractivity contribution in [3.63, 3.8) is 0 Å². The van der Waals surface area contributed by atoms with Crippen LogP contribution < -0.4 is 0 Å². The quantitative estimate of drug-likeness (QED) is 0.860. The molecule has 0 saturated carbocycles. The number of carboxylic acids is 1. The van der Waals surface area contributed by atoms with Crippen LogP contribution in [-0.4, -0.2) is 40.2 Å². The summed E-state index contributed by atoms with van der Waals surface area (Å²) in [7, 11) is 0. The normalized spacial score (nSPS) is 16.4. The molecule has 1 atom stereocenters. The number of nitrogens with zero attached hydrogens (tertiary/aromatic N) is 1. The SMILES string of the molecule is CC(Sc1ccccc1C(=O)O)C(=O)N1CCCC1. The van der Waals surface area contributed by atoms with Gasteiger partial charge in [0.2, 0.25) is 5.91 Å². The van der Waals surface area contributed by atoms with Gasteiger partial charge in [0, 0.05) is 18.0 Å². The Bertz CT molecular complexity index is 483. The summed E-state index contributed by atoms with van der Waals surface area (Å²) in [6, 6.07) is 6.81. The van der Waals surface area contributed by atoms with E-state index in [0.29, 0.717) is 4.90 Å². The van der Waals surface area contributed by atoms with E-state index in [9.17, 15) is 9.59 Å². The van der Waals surface area contributed by atoms with Crippen molar-refractivity contribution in [2.75, 3.05) is 13.1 Å². The smallest absolute Gasteiger partial charge is 0.336 e. The van der Waals surface area contributed by atoms with Gasteiger partial charge in [0.15, 0.2) is 0 Å². The van der Waals surface area contributed by atoms with Gasteiger partial charge in [-0.2, -0.15) is 0 Å². The third-order valence-corrected chi connectivity index (χ3v) is 4.35. The van der Waals surface area contributed by atoms with Crippen molar-refractivity contribution >= 4 is 23.6 Å². The van der Waals surface area contributed by atoms with Gasteiger partial charge in [0.25, 0.3) is 0 Å². The molecule has 1 aromatic rings. The van der Waals surface area contributed by atoms with Gasteiger partial charge in [-0.3, -0.25) is 4.79 Å². The average Bonchev–Trinajstić information content (AvgIpc) is 2.92. The van der Waals surface area contributed by atoms with E-state index >= 15 is 0 Å². The van der Waals surface area contributed by atoms with Gasteiger partial charge >= 0.3 is 5.97 Å². The molecule has 102 valence electrons. The van der Waals surface area contributed by atoms with Crippen molar-refractivity contribution in [1.29, 1.82) is 0 Å². The van der Waals surface area contributed by atoms with Gasteiger partial charge in [-0.1, -0.05) is 12.1 Å². The molecule has 1 heterocycles. The zero-order valence-electron chi connectivity index (χ0n) is 10.8. The molecule has 1 fully saturated rings. The van der Waals surface area contributed by atoms with E-state index in [0.717, 1.165) is 25.9 Å². The van der Waals surface area contributed by atoms with Crippen LogP contribution in [0.3, 0.4) is 0 Å². The topological polar surface area (TPSA) is 57.6 Å². The molecule has 2 rings (SSSR count). The zero-order chi connectivity index (χ0) is 13.8. The Morgan fingerprint density at radius 2 is 1.89 bits per heavy atom. The molecular weight excluding hydrogens is 262 g/mol. The van der Waals surface area contributed by atoms with E-state index in [1.807, 2.05) is 11.8 Å². The van der Waals surface area contributed by atoms with Gasteiger partial charge in [-0.15, -0.1) is 11.8 Å². The largest absolute Gasteiger partial charge is 0.478 e. The molecule has 0 radical (unpaired) electrons. The first-order chi connectivity index (χ1) is 9.09. The molecule has 0 spiro atoms. The number of hydrogen-bond donors (Lipinski definition) is 1. The molecule has 0 aliphatic carbocycles. The molecule has 1 aliphatic heterocycles. The van der Waals surface area contributed by atoms with Gasteiger partial charge in [0.05, 0.1) is 10.8 Å². The fraction of sp³-hybridized carbons (Fsp3) is 0.429. The fourth-order valence-corrected chi connectivity index (χ4v) is 3.25. The number of likely N-dealkylation sites (tertiary alicyclic amines) is 1. The van der Waals surface area contributed by atoms with E-state index < -0.39 is 5.97 Å². The molecule has 1 unspecified atom stereocenters. The van der Waals surface area contributed by atoms with Gasteiger partial charge < -0.3 is 10.0 Å². The maximum atomic E-state index is 12.2. The lowest BCUT2D eigenvalue weighted by Crippen LogP contribution is -2.34. The molecule has 0 aromatic heterocycles. The molecule has 1 N–H and O–H groups in total. The van der Waals surface area contributed by atoms with Crippen LogP contribution in [0.4, 0.5) is 0 Å². The highest BCUT2D eigenvalue weighted by Gasteiger charge is 2.25. The van der Waals surface area contributed by atoms with Crippen LogP contribution in [0.2, 0.25) is 0 Å². The van der Waals surface area contributed by atoms with Crippen molar-refractivity contribution < 1.29 is 14.7 Å². The summed E-state index contributed by atoms with van der Waals surface area (Å²) in [4.78, 5) is 25.8. The van der Waals surface area contributed by atoms with Crippen molar-refractivity contribution in [2.45, 2.75) is 29.9 Å². The predicted molar refractivity (Wildman–Crippen MR) is 74.5 cm³/mol. The minimum atomic E-state index is -0.955. The first-order valence-electron chi connectivity index (χ1n) is 6.37. The summed E-state index contributed by atoms with van der Waals surface area (Å²) in [6.07, 6.45) is 2.13. The highest BCUT2D eigenvalue weighted by molar-refractivity contribution is 8.00. The highest BCUT2D eigenvalue weighted by Crippen LogP contribution is 2.28. The number of carbonyl (C=O) groups is 2. The molecule has 1 amide bonds. The van der Waals surface area contributed by atoms with Crippen LogP contribution in [0, 0.1) is 0 Å². The number of carbonyl (C=O) groups excluding carboxylic acids is 1. The minimum absolute atomic E-state index is 0.0997. The van der Waals surface area contributed by atoms with E-state index in [-0.39, 0.29) is 16.7 Å². The third kappa shape index (κ3) is 3.29. The van der Waals surface area contributed by atoms with Gasteiger partial charge in [-0.25, -0.2) is 4.79 Å². The minimum Gasteiger partial charge on any atom is -0.478 e. The standard InChI is InChI=1S/C14H17NO3S/c1-10(13(16)15-8-4-5-9-15)19-12-7-3-2-6-11(12)14(17)18/h2-3,6-7,10H,4-5,8-9H2,1H3,(H,17,18). The van der Waals surface area contributed by atoms with Gasteiger partial charge in [-0.05, 0) is 31.9 Å². The summed E-state index contributed by atoms with van der Waals surface area (Å²) < 4.78 is 0. The van der Waals surface area contributed by atoms with Crippen molar-refractivity contribution in [3.05, 3.63) is 29.8 Å². The molecule has 0 bridgehead atoms. The van der Waals surface area contributed by atoms with Crippen LogP contribution in [0.25, 0.3) is 0 Å². The maximum Gasteiger partial charge on any atom is 0.336 e. The average molecular weight is 279 g/mol. The molecule has 1 aromatic carbocycles. The Kier molecular flexibility index (Phi) is 4.47. The lowest BCUT2D eigenvalue weighted by atomic mass is 10.2. The predicted octanol–water partition coefficient (Wildman–Crippen LogP) is 2.49. The molecule has 5 heteroatoms. The van der Waals surface area contributed by atoms with Crippen LogP contribution in [-0.2, 0) is 4.79 Å². The van der Waals surface area contributed by atoms with Crippen LogP contribution in [0.15, 0.2) is 29.2 Å². The van der Waals surface area contributed by atoms with Crippen LogP contribution in [0.1, 0.15) is 30.1 Å². The molecule has 1 saturated heterocycles. The molecule has 1 aliphatic rings. The molecule has 4 nitrogen and oxygen atoms in total. The summed E-state index contributed by atoms with van der Waals surface area (Å²) in [5.41, 5.74) is 0.258. The lowest BCUT2D eigenvalue weighted by molar-refractivity contribution is -0.129. The van der Waals surface area contributed by atoms with E-state index in [4.69, 9.17) is 5.11 Å². The third-order valence-electron chi connectivity index (χ3n) is 3.19. The maximum absolute atomic E-state index is 12.2. The van der Waals surface area contributed by atoms with E-state index in [1.54, 1.807) is 24.3 Å². The van der Waals surface area contributed by atoms with Crippen LogP contribution >= 0.6 is 11.8 Å². The first kappa shape index (κ1) is 13.9. The van der Waals surface area contributed by atoms with Gasteiger partial charge in [0.1, 0.15) is 0 Å². The highest BCUT2D eigenvalue weighted by atomic mass is 32.2. The summed E-state index contributed by atoms with van der Waals surface area (Å²) in [6.45, 7) is 3.48. The zero-order valence-corrected chi connectivity index (χ0v) is 11.7. The Hall–Kier alpha value is -1.49. The summed E-state index contributed by atoms with van der Waals surface area (Å²) in [5, 5.41) is 8.87. The number of rotatable bonds is 4. The number of thioether (sulfide) groups is 1.